The third-order valence-electron chi connectivity index (χ3n) is 8.18. The zero-order valence-corrected chi connectivity index (χ0v) is 15.8. The van der Waals surface area contributed by atoms with Crippen LogP contribution in [0.4, 0.5) is 0 Å². The second-order valence-corrected chi connectivity index (χ2v) is 9.54. The fourth-order valence-corrected chi connectivity index (χ4v) is 7.03. The second kappa shape index (κ2) is 6.35. The maximum absolute atomic E-state index is 13.4. The Hall–Kier alpha value is -1.84. The van der Waals surface area contributed by atoms with E-state index >= 15 is 0 Å². The van der Waals surface area contributed by atoms with Crippen LogP contribution in [0.15, 0.2) is 30.3 Å². The number of carbonyl (C=O) groups excluding carboxylic acids is 1. The lowest BCUT2D eigenvalue weighted by molar-refractivity contribution is -0.155. The number of piperidine rings is 1. The van der Waals surface area contributed by atoms with E-state index in [1.165, 1.54) is 32.1 Å². The molecule has 1 heterocycles. The molecule has 4 bridgehead atoms. The van der Waals surface area contributed by atoms with Gasteiger partial charge in [-0.25, -0.2) is 0 Å². The lowest BCUT2D eigenvalue weighted by Gasteiger charge is -2.54. The topological polar surface area (TPSA) is 57.6 Å². The summed E-state index contributed by atoms with van der Waals surface area (Å²) >= 11 is 0. The number of likely N-dealkylation sites (tertiary alicyclic amines) is 1. The van der Waals surface area contributed by atoms with E-state index in [1.54, 1.807) is 0 Å². The summed E-state index contributed by atoms with van der Waals surface area (Å²) in [7, 11) is 0. The van der Waals surface area contributed by atoms with E-state index in [0.29, 0.717) is 43.7 Å². The third-order valence-corrected chi connectivity index (χ3v) is 8.18. The van der Waals surface area contributed by atoms with Crippen LogP contribution in [0.1, 0.15) is 50.5 Å². The van der Waals surface area contributed by atoms with Crippen molar-refractivity contribution in [3.05, 3.63) is 35.9 Å². The van der Waals surface area contributed by atoms with Crippen molar-refractivity contribution in [3.63, 3.8) is 0 Å². The largest absolute Gasteiger partial charge is 0.481 e. The predicted molar refractivity (Wildman–Crippen MR) is 102 cm³/mol. The van der Waals surface area contributed by atoms with Crippen molar-refractivity contribution in [2.45, 2.75) is 50.4 Å². The van der Waals surface area contributed by atoms with Gasteiger partial charge in [-0.2, -0.15) is 0 Å². The molecule has 0 atom stereocenters. The Labute approximate surface area is 160 Å². The Morgan fingerprint density at radius 2 is 1.44 bits per heavy atom. The van der Waals surface area contributed by atoms with Gasteiger partial charge in [-0.15, -0.1) is 0 Å². The van der Waals surface area contributed by atoms with E-state index in [9.17, 15) is 14.7 Å². The number of hydrogen-bond donors (Lipinski definition) is 1. The molecule has 5 aliphatic rings. The first-order chi connectivity index (χ1) is 13.1. The van der Waals surface area contributed by atoms with Crippen molar-refractivity contribution in [3.8, 4) is 0 Å². The molecule has 1 aromatic rings. The minimum Gasteiger partial charge on any atom is -0.481 e. The van der Waals surface area contributed by atoms with E-state index in [0.717, 1.165) is 17.4 Å². The van der Waals surface area contributed by atoms with Gasteiger partial charge < -0.3 is 10.0 Å². The number of carbonyl (C=O) groups is 2. The van der Waals surface area contributed by atoms with Gasteiger partial charge >= 0.3 is 5.97 Å². The van der Waals surface area contributed by atoms with Crippen LogP contribution >= 0.6 is 0 Å². The number of benzene rings is 1. The summed E-state index contributed by atoms with van der Waals surface area (Å²) in [4.78, 5) is 27.5. The van der Waals surface area contributed by atoms with Gasteiger partial charge in [-0.1, -0.05) is 30.3 Å². The Morgan fingerprint density at radius 1 is 0.889 bits per heavy atom. The predicted octanol–water partition coefficient (Wildman–Crippen LogP) is 3.70. The fraction of sp³-hybridized carbons (Fsp3) is 0.652. The molecule has 0 spiro atoms. The molecular formula is C23H29NO3. The highest BCUT2D eigenvalue weighted by Gasteiger charge is 2.52. The minimum atomic E-state index is -0.845. The third kappa shape index (κ3) is 2.71. The molecule has 0 aromatic heterocycles. The Bertz CT molecular complexity index is 707. The smallest absolute Gasteiger partial charge is 0.314 e. The summed E-state index contributed by atoms with van der Waals surface area (Å²) in [5, 5.41) is 9.98. The molecule has 1 aliphatic heterocycles. The monoisotopic (exact) mass is 367 g/mol. The zero-order chi connectivity index (χ0) is 18.6. The van der Waals surface area contributed by atoms with Crippen molar-refractivity contribution < 1.29 is 14.7 Å². The highest BCUT2D eigenvalue weighted by Crippen LogP contribution is 2.57. The van der Waals surface area contributed by atoms with Gasteiger partial charge in [0.25, 0.3) is 0 Å². The van der Waals surface area contributed by atoms with Crippen LogP contribution in [-0.2, 0) is 15.0 Å². The first-order valence-electron chi connectivity index (χ1n) is 10.6. The Morgan fingerprint density at radius 3 is 1.96 bits per heavy atom. The molecule has 0 radical (unpaired) electrons. The van der Waals surface area contributed by atoms with Gasteiger partial charge in [-0.05, 0) is 74.2 Å². The average molecular weight is 367 g/mol. The number of hydrogen-bond acceptors (Lipinski definition) is 2. The van der Waals surface area contributed by atoms with Crippen molar-refractivity contribution in [1.82, 2.24) is 4.90 Å². The number of amides is 1. The molecule has 1 amide bonds. The van der Waals surface area contributed by atoms with Crippen LogP contribution in [0.3, 0.4) is 0 Å². The van der Waals surface area contributed by atoms with Crippen molar-refractivity contribution in [2.24, 2.45) is 29.6 Å². The van der Waals surface area contributed by atoms with Gasteiger partial charge in [0.1, 0.15) is 0 Å². The molecule has 1 N–H and O–H groups in total. The van der Waals surface area contributed by atoms with Crippen molar-refractivity contribution in [2.75, 3.05) is 13.1 Å². The molecule has 1 aromatic carbocycles. The lowest BCUT2D eigenvalue weighted by atomic mass is 9.51. The maximum atomic E-state index is 13.4. The Kier molecular flexibility index (Phi) is 4.06. The SMILES string of the molecule is O=C(C1C2CC3CC(C2)CC1C3)N1CCC(C(=O)O)(c2ccccc2)CC1. The lowest BCUT2D eigenvalue weighted by Crippen LogP contribution is -2.55. The fourth-order valence-electron chi connectivity index (χ4n) is 7.03. The minimum absolute atomic E-state index is 0.215. The summed E-state index contributed by atoms with van der Waals surface area (Å²) in [5.41, 5.74) is 0.0291. The van der Waals surface area contributed by atoms with Crippen LogP contribution < -0.4 is 0 Å². The number of rotatable bonds is 3. The van der Waals surface area contributed by atoms with Crippen LogP contribution in [0.2, 0.25) is 0 Å². The molecule has 144 valence electrons. The number of nitrogens with zero attached hydrogens (tertiary/aromatic N) is 1. The van der Waals surface area contributed by atoms with E-state index in [4.69, 9.17) is 0 Å². The molecule has 27 heavy (non-hydrogen) atoms. The van der Waals surface area contributed by atoms with E-state index in [2.05, 4.69) is 0 Å². The van der Waals surface area contributed by atoms with Gasteiger partial charge in [0.2, 0.25) is 5.91 Å². The Balaban J connectivity index is 1.31. The van der Waals surface area contributed by atoms with E-state index in [-0.39, 0.29) is 5.92 Å². The van der Waals surface area contributed by atoms with E-state index in [1.807, 2.05) is 35.2 Å². The normalized spacial score (nSPS) is 36.6. The molecule has 4 aliphatic carbocycles. The van der Waals surface area contributed by atoms with Crippen LogP contribution in [-0.4, -0.2) is 35.0 Å². The first kappa shape index (κ1) is 17.3. The highest BCUT2D eigenvalue weighted by molar-refractivity contribution is 5.83. The van der Waals surface area contributed by atoms with Gasteiger partial charge in [0, 0.05) is 19.0 Å². The highest BCUT2D eigenvalue weighted by atomic mass is 16.4. The molecule has 6 rings (SSSR count). The first-order valence-corrected chi connectivity index (χ1v) is 10.6. The summed E-state index contributed by atoms with van der Waals surface area (Å²) in [6.07, 6.45) is 7.44. The molecule has 4 saturated carbocycles. The summed E-state index contributed by atoms with van der Waals surface area (Å²) in [6.45, 7) is 1.14. The average Bonchev–Trinajstić information content (AvgIpc) is 2.67. The number of carboxylic acids is 1. The van der Waals surface area contributed by atoms with Crippen molar-refractivity contribution in [1.29, 1.82) is 0 Å². The van der Waals surface area contributed by atoms with E-state index < -0.39 is 11.4 Å². The molecular weight excluding hydrogens is 338 g/mol. The molecule has 1 saturated heterocycles. The van der Waals surface area contributed by atoms with Crippen molar-refractivity contribution >= 4 is 11.9 Å². The van der Waals surface area contributed by atoms with Gasteiger partial charge in [0.15, 0.2) is 0 Å². The maximum Gasteiger partial charge on any atom is 0.314 e. The summed E-state index contributed by atoms with van der Waals surface area (Å²) in [5.74, 6) is 2.72. The van der Waals surface area contributed by atoms with Gasteiger partial charge in [0.05, 0.1) is 5.41 Å². The number of carboxylic acid groups (broad SMARTS) is 1. The quantitative estimate of drug-likeness (QED) is 0.886. The molecule has 4 heteroatoms. The summed E-state index contributed by atoms with van der Waals surface area (Å²) < 4.78 is 0. The van der Waals surface area contributed by atoms with Crippen LogP contribution in [0.5, 0.6) is 0 Å². The molecule has 0 unspecified atom stereocenters. The zero-order valence-electron chi connectivity index (χ0n) is 15.8. The molecule has 4 nitrogen and oxygen atoms in total. The number of aliphatic carboxylic acids is 1. The van der Waals surface area contributed by atoms with Gasteiger partial charge in [-0.3, -0.25) is 9.59 Å². The molecule has 5 fully saturated rings. The van der Waals surface area contributed by atoms with Crippen LogP contribution in [0.25, 0.3) is 0 Å². The summed E-state index contributed by atoms with van der Waals surface area (Å²) in [6, 6.07) is 9.58. The standard InChI is InChI=1S/C23H29NO3/c25-21(20-17-11-15-10-16(13-17)14-18(20)12-15)24-8-6-23(7-9-24,22(26)27)19-4-2-1-3-5-19/h1-5,15-18,20H,6-14H2,(H,26,27). The van der Waals surface area contributed by atoms with Crippen LogP contribution in [0, 0.1) is 29.6 Å². The second-order valence-electron chi connectivity index (χ2n) is 9.54.